The molecular formula is C20H18N4O. The summed E-state index contributed by atoms with van der Waals surface area (Å²) in [5.41, 5.74) is 5.17. The third kappa shape index (κ3) is 3.04. The summed E-state index contributed by atoms with van der Waals surface area (Å²) >= 11 is 0. The molecule has 4 aromatic rings. The van der Waals surface area contributed by atoms with E-state index in [1.54, 1.807) is 19.6 Å². The van der Waals surface area contributed by atoms with E-state index in [9.17, 15) is 0 Å². The number of aromatic nitrogens is 3. The molecule has 0 saturated carbocycles. The van der Waals surface area contributed by atoms with Crippen molar-refractivity contribution in [2.75, 3.05) is 12.4 Å². The molecule has 0 amide bonds. The van der Waals surface area contributed by atoms with Crippen LogP contribution in [0.15, 0.2) is 67.4 Å². The van der Waals surface area contributed by atoms with E-state index in [1.807, 2.05) is 41.2 Å². The van der Waals surface area contributed by atoms with Crippen molar-refractivity contribution in [3.05, 3.63) is 72.9 Å². The van der Waals surface area contributed by atoms with Crippen molar-refractivity contribution in [1.82, 2.24) is 14.5 Å². The third-order valence-corrected chi connectivity index (χ3v) is 4.09. The number of pyridine rings is 1. The van der Waals surface area contributed by atoms with E-state index in [1.165, 1.54) is 5.56 Å². The number of methoxy groups -OCH3 is 1. The Morgan fingerprint density at radius 3 is 2.76 bits per heavy atom. The minimum Gasteiger partial charge on any atom is -0.497 e. The average Bonchev–Trinajstić information content (AvgIpc) is 3.16. The van der Waals surface area contributed by atoms with Gasteiger partial charge in [-0.25, -0.2) is 4.98 Å². The highest BCUT2D eigenvalue weighted by Crippen LogP contribution is 2.29. The predicted octanol–water partition coefficient (Wildman–Crippen LogP) is 4.48. The smallest absolute Gasteiger partial charge is 0.119 e. The largest absolute Gasteiger partial charge is 0.497 e. The van der Waals surface area contributed by atoms with Crippen LogP contribution in [0.4, 0.5) is 11.4 Å². The standard InChI is InChI=1S/C20H18N4O/c1-14-9-15(11-16(10-14)24-8-7-21-13-24)23-20-5-6-22-19-4-3-17(25-2)12-18(19)20/h3-13H,1-2H3,(H,22,23). The Kier molecular flexibility index (Phi) is 3.82. The van der Waals surface area contributed by atoms with Crippen LogP contribution in [-0.2, 0) is 0 Å². The van der Waals surface area contributed by atoms with Gasteiger partial charge in [0.25, 0.3) is 0 Å². The van der Waals surface area contributed by atoms with E-state index in [-0.39, 0.29) is 0 Å². The maximum absolute atomic E-state index is 5.35. The second-order valence-corrected chi connectivity index (χ2v) is 5.89. The molecule has 5 heteroatoms. The van der Waals surface area contributed by atoms with E-state index < -0.39 is 0 Å². The van der Waals surface area contributed by atoms with Gasteiger partial charge in [0, 0.05) is 41.0 Å². The Bertz CT molecular complexity index is 1030. The van der Waals surface area contributed by atoms with Gasteiger partial charge in [-0.3, -0.25) is 4.98 Å². The Morgan fingerprint density at radius 1 is 1.04 bits per heavy atom. The predicted molar refractivity (Wildman–Crippen MR) is 99.9 cm³/mol. The van der Waals surface area contributed by atoms with Crippen LogP contribution in [0.1, 0.15) is 5.56 Å². The SMILES string of the molecule is COc1ccc2nccc(Nc3cc(C)cc(-n4ccnc4)c3)c2c1. The fourth-order valence-electron chi connectivity index (χ4n) is 2.91. The van der Waals surface area contributed by atoms with Gasteiger partial charge in [0.15, 0.2) is 0 Å². The highest BCUT2D eigenvalue weighted by molar-refractivity contribution is 5.93. The Hall–Kier alpha value is -3.34. The number of hydrogen-bond donors (Lipinski definition) is 1. The Labute approximate surface area is 145 Å². The molecule has 25 heavy (non-hydrogen) atoms. The van der Waals surface area contributed by atoms with Gasteiger partial charge in [-0.1, -0.05) is 0 Å². The molecule has 0 spiro atoms. The van der Waals surface area contributed by atoms with Crippen LogP contribution in [0.2, 0.25) is 0 Å². The van der Waals surface area contributed by atoms with Gasteiger partial charge < -0.3 is 14.6 Å². The van der Waals surface area contributed by atoms with Gasteiger partial charge in [-0.2, -0.15) is 0 Å². The molecule has 4 rings (SSSR count). The van der Waals surface area contributed by atoms with Gasteiger partial charge >= 0.3 is 0 Å². The molecule has 1 N–H and O–H groups in total. The zero-order valence-corrected chi connectivity index (χ0v) is 14.1. The summed E-state index contributed by atoms with van der Waals surface area (Å²) in [5.74, 6) is 0.812. The first-order chi connectivity index (χ1) is 12.2. The summed E-state index contributed by atoms with van der Waals surface area (Å²) in [6, 6.07) is 14.2. The molecule has 2 heterocycles. The Morgan fingerprint density at radius 2 is 1.96 bits per heavy atom. The lowest BCUT2D eigenvalue weighted by Gasteiger charge is -2.13. The summed E-state index contributed by atoms with van der Waals surface area (Å²) in [6.07, 6.45) is 7.32. The van der Waals surface area contributed by atoms with E-state index >= 15 is 0 Å². The highest BCUT2D eigenvalue weighted by atomic mass is 16.5. The molecule has 0 saturated heterocycles. The number of aryl methyl sites for hydroxylation is 1. The van der Waals surface area contributed by atoms with Gasteiger partial charge in [-0.05, 0) is 55.0 Å². The van der Waals surface area contributed by atoms with Crippen molar-refractivity contribution in [2.24, 2.45) is 0 Å². The number of anilines is 2. The van der Waals surface area contributed by atoms with Crippen molar-refractivity contribution >= 4 is 22.3 Å². The minimum atomic E-state index is 0.812. The van der Waals surface area contributed by atoms with Crippen LogP contribution in [0.5, 0.6) is 5.75 Å². The summed E-state index contributed by atoms with van der Waals surface area (Å²) in [6.45, 7) is 2.08. The molecule has 0 unspecified atom stereocenters. The molecular weight excluding hydrogens is 312 g/mol. The van der Waals surface area contributed by atoms with E-state index in [0.717, 1.165) is 33.7 Å². The van der Waals surface area contributed by atoms with Gasteiger partial charge in [-0.15, -0.1) is 0 Å². The van der Waals surface area contributed by atoms with Crippen LogP contribution in [-0.4, -0.2) is 21.6 Å². The number of imidazole rings is 1. The molecule has 0 fully saturated rings. The number of rotatable bonds is 4. The molecule has 0 atom stereocenters. The fraction of sp³-hybridized carbons (Fsp3) is 0.100. The normalized spacial score (nSPS) is 10.8. The van der Waals surface area contributed by atoms with E-state index in [4.69, 9.17) is 4.74 Å². The molecule has 0 aliphatic heterocycles. The van der Waals surface area contributed by atoms with Crippen molar-refractivity contribution in [1.29, 1.82) is 0 Å². The second-order valence-electron chi connectivity index (χ2n) is 5.89. The topological polar surface area (TPSA) is 52.0 Å². The molecule has 0 bridgehead atoms. The summed E-state index contributed by atoms with van der Waals surface area (Å²) in [7, 11) is 1.67. The monoisotopic (exact) mass is 330 g/mol. The number of nitrogens with zero attached hydrogens (tertiary/aromatic N) is 3. The van der Waals surface area contributed by atoms with Gasteiger partial charge in [0.2, 0.25) is 0 Å². The summed E-state index contributed by atoms with van der Waals surface area (Å²) < 4.78 is 7.34. The Balaban J connectivity index is 1.76. The lowest BCUT2D eigenvalue weighted by atomic mass is 10.1. The first kappa shape index (κ1) is 15.2. The van der Waals surface area contributed by atoms with Gasteiger partial charge in [0.1, 0.15) is 5.75 Å². The number of nitrogens with one attached hydrogen (secondary N) is 1. The molecule has 2 aromatic carbocycles. The van der Waals surface area contributed by atoms with Crippen molar-refractivity contribution in [3.8, 4) is 11.4 Å². The second kappa shape index (κ2) is 6.28. The van der Waals surface area contributed by atoms with Crippen molar-refractivity contribution in [3.63, 3.8) is 0 Å². The number of benzene rings is 2. The van der Waals surface area contributed by atoms with Crippen LogP contribution in [0.3, 0.4) is 0 Å². The molecule has 2 aromatic heterocycles. The highest BCUT2D eigenvalue weighted by Gasteiger charge is 2.06. The van der Waals surface area contributed by atoms with E-state index in [2.05, 4.69) is 40.4 Å². The number of ether oxygens (including phenoxy) is 1. The van der Waals surface area contributed by atoms with Crippen LogP contribution >= 0.6 is 0 Å². The van der Waals surface area contributed by atoms with Crippen LogP contribution < -0.4 is 10.1 Å². The molecule has 0 aliphatic carbocycles. The summed E-state index contributed by atoms with van der Waals surface area (Å²) in [4.78, 5) is 8.55. The van der Waals surface area contributed by atoms with Crippen LogP contribution in [0.25, 0.3) is 16.6 Å². The third-order valence-electron chi connectivity index (χ3n) is 4.09. The molecule has 5 nitrogen and oxygen atoms in total. The van der Waals surface area contributed by atoms with E-state index in [0.29, 0.717) is 0 Å². The van der Waals surface area contributed by atoms with Gasteiger partial charge in [0.05, 0.1) is 19.0 Å². The first-order valence-electron chi connectivity index (χ1n) is 8.03. The number of hydrogen-bond acceptors (Lipinski definition) is 4. The lowest BCUT2D eigenvalue weighted by molar-refractivity contribution is 0.415. The molecule has 124 valence electrons. The fourth-order valence-corrected chi connectivity index (χ4v) is 2.91. The molecule has 0 aliphatic rings. The van der Waals surface area contributed by atoms with Crippen molar-refractivity contribution < 1.29 is 4.74 Å². The quantitative estimate of drug-likeness (QED) is 0.599. The zero-order chi connectivity index (χ0) is 17.2. The van der Waals surface area contributed by atoms with Crippen molar-refractivity contribution in [2.45, 2.75) is 6.92 Å². The lowest BCUT2D eigenvalue weighted by Crippen LogP contribution is -1.97. The minimum absolute atomic E-state index is 0.812. The number of fused-ring (bicyclic) bond motifs is 1. The molecule has 0 radical (unpaired) electrons. The summed E-state index contributed by atoms with van der Waals surface area (Å²) in [5, 5.41) is 4.53. The average molecular weight is 330 g/mol. The van der Waals surface area contributed by atoms with Crippen LogP contribution in [0, 0.1) is 6.92 Å². The first-order valence-corrected chi connectivity index (χ1v) is 8.03. The maximum Gasteiger partial charge on any atom is 0.119 e. The maximum atomic E-state index is 5.35. The zero-order valence-electron chi connectivity index (χ0n) is 14.1.